The van der Waals surface area contributed by atoms with E-state index in [4.69, 9.17) is 11.6 Å². The van der Waals surface area contributed by atoms with Crippen molar-refractivity contribution < 1.29 is 8.42 Å². The van der Waals surface area contributed by atoms with Crippen molar-refractivity contribution in [3.63, 3.8) is 0 Å². The van der Waals surface area contributed by atoms with Crippen molar-refractivity contribution in [1.82, 2.24) is 4.72 Å². The van der Waals surface area contributed by atoms with Crippen molar-refractivity contribution in [3.8, 4) is 0 Å². The van der Waals surface area contributed by atoms with Crippen LogP contribution in [0.25, 0.3) is 0 Å². The monoisotopic (exact) mass is 253 g/mol. The van der Waals surface area contributed by atoms with Gasteiger partial charge in [-0.2, -0.15) is 0 Å². The zero-order valence-electron chi connectivity index (χ0n) is 9.42. The van der Waals surface area contributed by atoms with Crippen molar-refractivity contribution in [1.29, 1.82) is 0 Å². The molecule has 0 bridgehead atoms. The van der Waals surface area contributed by atoms with Crippen molar-refractivity contribution in [2.75, 3.05) is 12.4 Å². The molecule has 1 fully saturated rings. The molecule has 0 radical (unpaired) electrons. The van der Waals surface area contributed by atoms with Crippen LogP contribution in [0, 0.1) is 5.41 Å². The fourth-order valence-corrected chi connectivity index (χ4v) is 3.46. The molecule has 1 rings (SSSR count). The van der Waals surface area contributed by atoms with Gasteiger partial charge in [-0.1, -0.05) is 13.8 Å². The predicted molar refractivity (Wildman–Crippen MR) is 63.7 cm³/mol. The van der Waals surface area contributed by atoms with Gasteiger partial charge in [0, 0.05) is 12.4 Å². The summed E-state index contributed by atoms with van der Waals surface area (Å²) in [7, 11) is -3.06. The fourth-order valence-electron chi connectivity index (χ4n) is 1.49. The van der Waals surface area contributed by atoms with Gasteiger partial charge in [0.15, 0.2) is 0 Å². The van der Waals surface area contributed by atoms with Crippen LogP contribution in [0.4, 0.5) is 0 Å². The number of hydrogen-bond donors (Lipinski definition) is 1. The maximum absolute atomic E-state index is 11.6. The minimum Gasteiger partial charge on any atom is -0.214 e. The topological polar surface area (TPSA) is 46.2 Å². The standard InChI is InChI=1S/C10H20ClNO2S/c1-3-10(4-2,7-11)8-12-15(13,14)9-5-6-9/h9,12H,3-8H2,1-2H3. The van der Waals surface area contributed by atoms with Gasteiger partial charge in [0.05, 0.1) is 5.25 Å². The normalized spacial score (nSPS) is 18.1. The molecule has 15 heavy (non-hydrogen) atoms. The van der Waals surface area contributed by atoms with Crippen molar-refractivity contribution in [2.45, 2.75) is 44.8 Å². The number of nitrogens with one attached hydrogen (secondary N) is 1. The van der Waals surface area contributed by atoms with E-state index in [0.717, 1.165) is 25.7 Å². The molecule has 0 unspecified atom stereocenters. The van der Waals surface area contributed by atoms with Gasteiger partial charge in [-0.05, 0) is 31.1 Å². The Balaban J connectivity index is 2.53. The van der Waals surface area contributed by atoms with Crippen LogP contribution < -0.4 is 4.72 Å². The first kappa shape index (κ1) is 13.3. The smallest absolute Gasteiger partial charge is 0.214 e. The third kappa shape index (κ3) is 3.33. The van der Waals surface area contributed by atoms with Crippen molar-refractivity contribution in [2.24, 2.45) is 5.41 Å². The lowest BCUT2D eigenvalue weighted by molar-refractivity contribution is 0.304. The van der Waals surface area contributed by atoms with E-state index < -0.39 is 10.0 Å². The number of alkyl halides is 1. The first-order chi connectivity index (χ1) is 6.99. The highest BCUT2D eigenvalue weighted by molar-refractivity contribution is 7.90. The molecule has 0 aromatic rings. The Morgan fingerprint density at radius 3 is 2.20 bits per heavy atom. The van der Waals surface area contributed by atoms with Gasteiger partial charge in [0.2, 0.25) is 10.0 Å². The number of sulfonamides is 1. The van der Waals surface area contributed by atoms with E-state index in [1.807, 2.05) is 0 Å². The van der Waals surface area contributed by atoms with Crippen LogP contribution in [-0.2, 0) is 10.0 Å². The van der Waals surface area contributed by atoms with Crippen LogP contribution in [0.3, 0.4) is 0 Å². The second kappa shape index (κ2) is 5.02. The van der Waals surface area contributed by atoms with Crippen LogP contribution in [0.5, 0.6) is 0 Å². The van der Waals surface area contributed by atoms with Crippen LogP contribution in [-0.4, -0.2) is 26.1 Å². The fraction of sp³-hybridized carbons (Fsp3) is 1.00. The summed E-state index contributed by atoms with van der Waals surface area (Å²) in [5.74, 6) is 0.507. The molecule has 0 aliphatic heterocycles. The Hall–Kier alpha value is 0.200. The van der Waals surface area contributed by atoms with E-state index in [0.29, 0.717) is 12.4 Å². The summed E-state index contributed by atoms with van der Waals surface area (Å²) in [6.07, 6.45) is 3.42. The lowest BCUT2D eigenvalue weighted by Gasteiger charge is -2.29. The zero-order chi connectivity index (χ0) is 11.5. The molecule has 1 saturated carbocycles. The summed E-state index contributed by atoms with van der Waals surface area (Å²) < 4.78 is 26.0. The number of hydrogen-bond acceptors (Lipinski definition) is 2. The second-order valence-electron chi connectivity index (χ2n) is 4.41. The molecule has 90 valence electrons. The van der Waals surface area contributed by atoms with Crippen LogP contribution in [0.2, 0.25) is 0 Å². The van der Waals surface area contributed by atoms with Gasteiger partial charge in [0.25, 0.3) is 0 Å². The van der Waals surface area contributed by atoms with Gasteiger partial charge in [-0.15, -0.1) is 11.6 Å². The Morgan fingerprint density at radius 1 is 1.33 bits per heavy atom. The summed E-state index contributed by atoms with van der Waals surface area (Å²) in [5.41, 5.74) is -0.0798. The van der Waals surface area contributed by atoms with Gasteiger partial charge in [-0.25, -0.2) is 13.1 Å². The largest absolute Gasteiger partial charge is 0.214 e. The lowest BCUT2D eigenvalue weighted by Crippen LogP contribution is -2.39. The molecule has 0 spiro atoms. The molecule has 5 heteroatoms. The van der Waals surface area contributed by atoms with Crippen molar-refractivity contribution in [3.05, 3.63) is 0 Å². The third-order valence-corrected chi connectivity index (χ3v) is 5.86. The summed E-state index contributed by atoms with van der Waals surface area (Å²) >= 11 is 5.91. The summed E-state index contributed by atoms with van der Waals surface area (Å²) in [4.78, 5) is 0. The van der Waals surface area contributed by atoms with E-state index >= 15 is 0 Å². The van der Waals surface area contributed by atoms with E-state index in [2.05, 4.69) is 18.6 Å². The van der Waals surface area contributed by atoms with Gasteiger partial charge in [-0.3, -0.25) is 0 Å². The first-order valence-corrected chi connectivity index (χ1v) is 7.62. The Labute approximate surface area is 97.6 Å². The Morgan fingerprint density at radius 2 is 1.87 bits per heavy atom. The quantitative estimate of drug-likeness (QED) is 0.707. The number of rotatable bonds is 7. The van der Waals surface area contributed by atoms with Crippen LogP contribution in [0.1, 0.15) is 39.5 Å². The summed E-state index contributed by atoms with van der Waals surface area (Å²) in [5, 5.41) is -0.140. The molecule has 0 aromatic heterocycles. The van der Waals surface area contributed by atoms with E-state index in [1.165, 1.54) is 0 Å². The molecule has 0 saturated heterocycles. The molecule has 0 aromatic carbocycles. The number of halogens is 1. The minimum absolute atomic E-state index is 0.0798. The predicted octanol–water partition coefficient (Wildman–Crippen LogP) is 2.11. The van der Waals surface area contributed by atoms with Crippen LogP contribution in [0.15, 0.2) is 0 Å². The van der Waals surface area contributed by atoms with Gasteiger partial charge in [0.1, 0.15) is 0 Å². The Kier molecular flexibility index (Phi) is 4.44. The highest BCUT2D eigenvalue weighted by Gasteiger charge is 2.37. The zero-order valence-corrected chi connectivity index (χ0v) is 11.0. The lowest BCUT2D eigenvalue weighted by atomic mass is 9.85. The molecule has 1 aliphatic carbocycles. The highest BCUT2D eigenvalue weighted by Crippen LogP contribution is 2.30. The average Bonchev–Trinajstić information content (AvgIpc) is 3.04. The highest BCUT2D eigenvalue weighted by atomic mass is 35.5. The van der Waals surface area contributed by atoms with E-state index in [9.17, 15) is 8.42 Å². The van der Waals surface area contributed by atoms with Crippen LogP contribution >= 0.6 is 11.6 Å². The minimum atomic E-state index is -3.06. The molecular formula is C10H20ClNO2S. The maximum Gasteiger partial charge on any atom is 0.214 e. The van der Waals surface area contributed by atoms with Crippen molar-refractivity contribution >= 4 is 21.6 Å². The van der Waals surface area contributed by atoms with Gasteiger partial charge < -0.3 is 0 Å². The second-order valence-corrected chi connectivity index (χ2v) is 6.72. The van der Waals surface area contributed by atoms with Gasteiger partial charge >= 0.3 is 0 Å². The summed E-state index contributed by atoms with van der Waals surface area (Å²) in [6.45, 7) is 4.58. The molecule has 3 nitrogen and oxygen atoms in total. The molecule has 0 atom stereocenters. The molecule has 1 aliphatic rings. The van der Waals surface area contributed by atoms with E-state index in [1.54, 1.807) is 0 Å². The molecule has 0 amide bonds. The molecular weight excluding hydrogens is 234 g/mol. The SMILES string of the molecule is CCC(CC)(CCl)CNS(=O)(=O)C1CC1. The average molecular weight is 254 g/mol. The molecule has 1 N–H and O–H groups in total. The Bertz CT molecular complexity index is 286. The first-order valence-electron chi connectivity index (χ1n) is 5.54. The third-order valence-electron chi connectivity index (χ3n) is 3.40. The summed E-state index contributed by atoms with van der Waals surface area (Å²) in [6, 6.07) is 0. The van der Waals surface area contributed by atoms with E-state index in [-0.39, 0.29) is 10.7 Å². The molecule has 0 heterocycles. The maximum atomic E-state index is 11.6.